The van der Waals surface area contributed by atoms with Crippen LogP contribution in [0, 0.1) is 6.92 Å². The molecule has 0 unspecified atom stereocenters. The first-order chi connectivity index (χ1) is 15.2. The molecule has 1 N–H and O–H groups in total. The van der Waals surface area contributed by atoms with E-state index in [1.807, 2.05) is 83.6 Å². The molecule has 0 radical (unpaired) electrons. The van der Waals surface area contributed by atoms with Crippen LogP contribution in [0.25, 0.3) is 27.6 Å². The van der Waals surface area contributed by atoms with E-state index in [9.17, 15) is 4.79 Å². The highest BCUT2D eigenvalue weighted by Gasteiger charge is 2.17. The maximum absolute atomic E-state index is 12.9. The molecule has 4 heterocycles. The zero-order valence-electron chi connectivity index (χ0n) is 16.8. The van der Waals surface area contributed by atoms with Crippen molar-refractivity contribution in [2.75, 3.05) is 5.32 Å². The Labute approximate surface area is 183 Å². The van der Waals surface area contributed by atoms with Crippen LogP contribution in [0.15, 0.2) is 78.4 Å². The Morgan fingerprint density at radius 2 is 1.90 bits per heavy atom. The average Bonchev–Trinajstić information content (AvgIpc) is 3.39. The third kappa shape index (κ3) is 3.95. The Morgan fingerprint density at radius 1 is 1.06 bits per heavy atom. The van der Waals surface area contributed by atoms with Crippen LogP contribution in [0.5, 0.6) is 0 Å². The van der Waals surface area contributed by atoms with Crippen LogP contribution in [0.2, 0.25) is 0 Å². The lowest BCUT2D eigenvalue weighted by Crippen LogP contribution is -2.16. The van der Waals surface area contributed by atoms with E-state index in [1.54, 1.807) is 6.20 Å². The second-order valence-corrected chi connectivity index (χ2v) is 8.05. The lowest BCUT2D eigenvalue weighted by Gasteiger charge is -2.07. The molecule has 0 spiro atoms. The van der Waals surface area contributed by atoms with Gasteiger partial charge in [-0.05, 0) is 36.8 Å². The third-order valence-electron chi connectivity index (χ3n) is 4.86. The topological polar surface area (TPSA) is 72.2 Å². The van der Waals surface area contributed by atoms with E-state index in [0.717, 1.165) is 33.2 Å². The predicted octanol–water partition coefficient (Wildman–Crippen LogP) is 5.01. The first-order valence-electron chi connectivity index (χ1n) is 9.87. The molecule has 6 nitrogen and oxygen atoms in total. The Morgan fingerprint density at radius 3 is 2.71 bits per heavy atom. The van der Waals surface area contributed by atoms with Crippen LogP contribution in [0.4, 0.5) is 5.82 Å². The summed E-state index contributed by atoms with van der Waals surface area (Å²) in [5, 5.41) is 5.77. The second kappa shape index (κ2) is 8.12. The third-order valence-corrected chi connectivity index (χ3v) is 5.78. The van der Waals surface area contributed by atoms with Crippen molar-refractivity contribution >= 4 is 28.7 Å². The van der Waals surface area contributed by atoms with Crippen LogP contribution in [-0.4, -0.2) is 25.3 Å². The lowest BCUT2D eigenvalue weighted by molar-refractivity contribution is -0.115. The number of imidazole rings is 1. The molecule has 5 aromatic rings. The minimum absolute atomic E-state index is 0.141. The monoisotopic (exact) mass is 425 g/mol. The molecule has 0 aliphatic heterocycles. The number of aromatic nitrogens is 4. The normalized spacial score (nSPS) is 11.0. The molecule has 1 aromatic carbocycles. The SMILES string of the molecule is Cc1ccn2c(NC(=O)Cc3csc(-c4ccccn4)n3)c(-c3ccccc3)nc2c1. The number of nitrogens with zero attached hydrogens (tertiary/aromatic N) is 4. The fourth-order valence-corrected chi connectivity index (χ4v) is 4.19. The molecule has 0 fully saturated rings. The molecule has 0 saturated heterocycles. The summed E-state index contributed by atoms with van der Waals surface area (Å²) >= 11 is 1.49. The van der Waals surface area contributed by atoms with Crippen LogP contribution in [-0.2, 0) is 11.2 Å². The van der Waals surface area contributed by atoms with Crippen molar-refractivity contribution < 1.29 is 4.79 Å². The standard InChI is InChI=1S/C24H19N5OS/c1-16-10-12-29-20(13-16)27-22(17-7-3-2-4-8-17)23(29)28-21(30)14-18-15-31-24(26-18)19-9-5-6-11-25-19/h2-13,15H,14H2,1H3,(H,28,30). The van der Waals surface area contributed by atoms with Crippen molar-refractivity contribution in [3.8, 4) is 22.0 Å². The van der Waals surface area contributed by atoms with Gasteiger partial charge >= 0.3 is 0 Å². The molecule has 5 rings (SSSR count). The van der Waals surface area contributed by atoms with Gasteiger partial charge in [-0.2, -0.15) is 0 Å². The molecule has 0 aliphatic carbocycles. The largest absolute Gasteiger partial charge is 0.310 e. The van der Waals surface area contributed by atoms with Crippen LogP contribution < -0.4 is 5.32 Å². The summed E-state index contributed by atoms with van der Waals surface area (Å²) in [7, 11) is 0. The first kappa shape index (κ1) is 19.1. The molecule has 0 bridgehead atoms. The minimum Gasteiger partial charge on any atom is -0.310 e. The van der Waals surface area contributed by atoms with E-state index in [-0.39, 0.29) is 12.3 Å². The van der Waals surface area contributed by atoms with Crippen molar-refractivity contribution in [1.29, 1.82) is 0 Å². The smallest absolute Gasteiger partial charge is 0.231 e. The van der Waals surface area contributed by atoms with Crippen molar-refractivity contribution in [3.63, 3.8) is 0 Å². The first-order valence-corrected chi connectivity index (χ1v) is 10.7. The van der Waals surface area contributed by atoms with E-state index in [2.05, 4.69) is 15.3 Å². The Balaban J connectivity index is 1.44. The minimum atomic E-state index is -0.141. The van der Waals surface area contributed by atoms with Crippen LogP contribution in [0.1, 0.15) is 11.3 Å². The number of thiazole rings is 1. The molecule has 152 valence electrons. The van der Waals surface area contributed by atoms with Crippen LogP contribution >= 0.6 is 11.3 Å². The van der Waals surface area contributed by atoms with E-state index in [0.29, 0.717) is 11.5 Å². The number of rotatable bonds is 5. The van der Waals surface area contributed by atoms with E-state index >= 15 is 0 Å². The van der Waals surface area contributed by atoms with E-state index in [1.165, 1.54) is 11.3 Å². The second-order valence-electron chi connectivity index (χ2n) is 7.19. The Hall–Kier alpha value is -3.84. The summed E-state index contributed by atoms with van der Waals surface area (Å²) in [6.45, 7) is 2.02. The molecule has 7 heteroatoms. The molecule has 1 amide bonds. The number of anilines is 1. The van der Waals surface area contributed by atoms with Gasteiger partial charge in [0.1, 0.15) is 22.2 Å². The predicted molar refractivity (Wildman–Crippen MR) is 123 cm³/mol. The molecule has 0 saturated carbocycles. The zero-order valence-corrected chi connectivity index (χ0v) is 17.6. The molecular weight excluding hydrogens is 406 g/mol. The number of carbonyl (C=O) groups excluding carboxylic acids is 1. The van der Waals surface area contributed by atoms with Gasteiger partial charge in [0.15, 0.2) is 0 Å². The number of nitrogens with one attached hydrogen (secondary N) is 1. The quantitative estimate of drug-likeness (QED) is 0.430. The number of carbonyl (C=O) groups is 1. The van der Waals surface area contributed by atoms with Gasteiger partial charge in [0, 0.05) is 23.3 Å². The van der Waals surface area contributed by atoms with Crippen LogP contribution in [0.3, 0.4) is 0 Å². The van der Waals surface area contributed by atoms with Gasteiger partial charge in [-0.3, -0.25) is 14.2 Å². The summed E-state index contributed by atoms with van der Waals surface area (Å²) in [5.41, 5.74) is 5.12. The molecule has 31 heavy (non-hydrogen) atoms. The highest BCUT2D eigenvalue weighted by atomic mass is 32.1. The molecule has 0 aliphatic rings. The van der Waals surface area contributed by atoms with Crippen molar-refractivity contribution in [2.24, 2.45) is 0 Å². The Kier molecular flexibility index (Phi) is 5.01. The van der Waals surface area contributed by atoms with Crippen molar-refractivity contribution in [2.45, 2.75) is 13.3 Å². The van der Waals surface area contributed by atoms with Gasteiger partial charge in [0.25, 0.3) is 0 Å². The number of hydrogen-bond acceptors (Lipinski definition) is 5. The van der Waals surface area contributed by atoms with Gasteiger partial charge in [-0.15, -0.1) is 11.3 Å². The number of fused-ring (bicyclic) bond motifs is 1. The number of benzene rings is 1. The number of aryl methyl sites for hydroxylation is 1. The lowest BCUT2D eigenvalue weighted by atomic mass is 10.1. The highest BCUT2D eigenvalue weighted by molar-refractivity contribution is 7.13. The van der Waals surface area contributed by atoms with Gasteiger partial charge in [-0.1, -0.05) is 36.4 Å². The molecule has 4 aromatic heterocycles. The van der Waals surface area contributed by atoms with Crippen molar-refractivity contribution in [3.05, 3.63) is 89.7 Å². The van der Waals surface area contributed by atoms with Gasteiger partial charge in [0.05, 0.1) is 17.8 Å². The number of amides is 1. The van der Waals surface area contributed by atoms with Gasteiger partial charge in [-0.25, -0.2) is 9.97 Å². The zero-order chi connectivity index (χ0) is 21.2. The summed E-state index contributed by atoms with van der Waals surface area (Å²) in [4.78, 5) is 26.6. The summed E-state index contributed by atoms with van der Waals surface area (Å²) in [6, 6.07) is 19.6. The number of hydrogen-bond donors (Lipinski definition) is 1. The maximum atomic E-state index is 12.9. The molecule has 0 atom stereocenters. The van der Waals surface area contributed by atoms with E-state index in [4.69, 9.17) is 4.98 Å². The summed E-state index contributed by atoms with van der Waals surface area (Å²) < 4.78 is 1.91. The number of pyridine rings is 2. The van der Waals surface area contributed by atoms with Gasteiger partial charge < -0.3 is 5.32 Å². The summed E-state index contributed by atoms with van der Waals surface area (Å²) in [6.07, 6.45) is 3.85. The molecular formula is C24H19N5OS. The Bertz CT molecular complexity index is 1360. The summed E-state index contributed by atoms with van der Waals surface area (Å²) in [5.74, 6) is 0.517. The van der Waals surface area contributed by atoms with E-state index < -0.39 is 0 Å². The average molecular weight is 426 g/mol. The fourth-order valence-electron chi connectivity index (χ4n) is 3.40. The maximum Gasteiger partial charge on any atom is 0.231 e. The highest BCUT2D eigenvalue weighted by Crippen LogP contribution is 2.29. The fraction of sp³-hybridized carbons (Fsp3) is 0.0833. The van der Waals surface area contributed by atoms with Gasteiger partial charge in [0.2, 0.25) is 5.91 Å². The van der Waals surface area contributed by atoms with Crippen molar-refractivity contribution in [1.82, 2.24) is 19.4 Å².